The molecule has 2 aromatic heterocycles. The van der Waals surface area contributed by atoms with Crippen molar-refractivity contribution in [2.75, 3.05) is 6.61 Å². The molecule has 2 heterocycles. The predicted molar refractivity (Wildman–Crippen MR) is 94.5 cm³/mol. The van der Waals surface area contributed by atoms with Crippen molar-refractivity contribution in [2.24, 2.45) is 0 Å². The minimum absolute atomic E-state index is 0.0795. The molecule has 0 radical (unpaired) electrons. The first-order chi connectivity index (χ1) is 12.7. The van der Waals surface area contributed by atoms with Crippen LogP contribution < -0.4 is 10.1 Å². The van der Waals surface area contributed by atoms with Gasteiger partial charge in [-0.25, -0.2) is 0 Å². The third-order valence-electron chi connectivity index (χ3n) is 3.84. The number of benzene rings is 1. The van der Waals surface area contributed by atoms with E-state index in [0.29, 0.717) is 30.5 Å². The maximum atomic E-state index is 12.2. The van der Waals surface area contributed by atoms with Crippen LogP contribution in [0.5, 0.6) is 5.75 Å². The van der Waals surface area contributed by atoms with Gasteiger partial charge in [-0.2, -0.15) is 4.98 Å². The maximum Gasteiger partial charge on any atom is 0.238 e. The number of hydrogen-bond donors (Lipinski definition) is 1. The van der Waals surface area contributed by atoms with E-state index < -0.39 is 0 Å². The zero-order valence-electron chi connectivity index (χ0n) is 14.8. The van der Waals surface area contributed by atoms with E-state index in [9.17, 15) is 4.79 Å². The third-order valence-corrected chi connectivity index (χ3v) is 3.84. The Hall–Kier alpha value is -3.09. The highest BCUT2D eigenvalue weighted by molar-refractivity contribution is 5.76. The van der Waals surface area contributed by atoms with Gasteiger partial charge >= 0.3 is 0 Å². The molecule has 0 saturated heterocycles. The van der Waals surface area contributed by atoms with Gasteiger partial charge in [0.15, 0.2) is 5.76 Å². The molecule has 0 aliphatic heterocycles. The second kappa shape index (κ2) is 8.33. The zero-order valence-corrected chi connectivity index (χ0v) is 14.8. The van der Waals surface area contributed by atoms with Crippen LogP contribution in [0.15, 0.2) is 51.6 Å². The van der Waals surface area contributed by atoms with Crippen molar-refractivity contribution in [2.45, 2.75) is 32.7 Å². The minimum atomic E-state index is -0.0976. The van der Waals surface area contributed by atoms with Gasteiger partial charge in [-0.05, 0) is 43.7 Å². The van der Waals surface area contributed by atoms with Gasteiger partial charge in [0.2, 0.25) is 17.6 Å². The number of nitrogens with zero attached hydrogens (tertiary/aromatic N) is 2. The number of aromatic nitrogens is 2. The monoisotopic (exact) mass is 355 g/mol. The van der Waals surface area contributed by atoms with E-state index in [0.717, 1.165) is 11.3 Å². The average Bonchev–Trinajstić information content (AvgIpc) is 3.32. The molecule has 0 fully saturated rings. The van der Waals surface area contributed by atoms with Crippen LogP contribution >= 0.6 is 0 Å². The quantitative estimate of drug-likeness (QED) is 0.665. The lowest BCUT2D eigenvalue weighted by atomic mass is 10.1. The highest BCUT2D eigenvalue weighted by Crippen LogP contribution is 2.18. The summed E-state index contributed by atoms with van der Waals surface area (Å²) >= 11 is 0. The Morgan fingerprint density at radius 1 is 1.27 bits per heavy atom. The minimum Gasteiger partial charge on any atom is -0.494 e. The normalized spacial score (nSPS) is 11.9. The van der Waals surface area contributed by atoms with Gasteiger partial charge < -0.3 is 19.0 Å². The first kappa shape index (κ1) is 17.7. The van der Waals surface area contributed by atoms with Crippen molar-refractivity contribution in [3.8, 4) is 17.3 Å². The molecule has 1 unspecified atom stereocenters. The summed E-state index contributed by atoms with van der Waals surface area (Å²) in [7, 11) is 0. The Morgan fingerprint density at radius 2 is 2.08 bits per heavy atom. The van der Waals surface area contributed by atoms with E-state index in [1.807, 2.05) is 38.1 Å². The Labute approximate surface area is 151 Å². The number of hydrogen-bond acceptors (Lipinski definition) is 6. The SMILES string of the molecule is CCOc1ccc(C(C)NC(=O)CCc2nc(-c3ccco3)no2)cc1. The molecule has 7 nitrogen and oxygen atoms in total. The molecule has 1 N–H and O–H groups in total. The van der Waals surface area contributed by atoms with Crippen LogP contribution in [0.4, 0.5) is 0 Å². The largest absolute Gasteiger partial charge is 0.494 e. The molecule has 3 rings (SSSR count). The number of rotatable bonds is 8. The molecule has 0 aliphatic carbocycles. The number of carbonyl (C=O) groups excluding carboxylic acids is 1. The number of amides is 1. The summed E-state index contributed by atoms with van der Waals surface area (Å²) < 4.78 is 15.8. The lowest BCUT2D eigenvalue weighted by Crippen LogP contribution is -2.26. The van der Waals surface area contributed by atoms with Gasteiger partial charge in [-0.1, -0.05) is 17.3 Å². The van der Waals surface area contributed by atoms with Crippen LogP contribution in [0, 0.1) is 0 Å². The van der Waals surface area contributed by atoms with Crippen LogP contribution in [0.2, 0.25) is 0 Å². The fourth-order valence-corrected chi connectivity index (χ4v) is 2.50. The van der Waals surface area contributed by atoms with Gasteiger partial charge in [-0.15, -0.1) is 0 Å². The summed E-state index contributed by atoms with van der Waals surface area (Å²) in [6.45, 7) is 4.51. The summed E-state index contributed by atoms with van der Waals surface area (Å²) in [5.41, 5.74) is 1.01. The van der Waals surface area contributed by atoms with Crippen molar-refractivity contribution >= 4 is 5.91 Å². The number of aryl methyl sites for hydroxylation is 1. The topological polar surface area (TPSA) is 90.4 Å². The first-order valence-corrected chi connectivity index (χ1v) is 8.54. The Morgan fingerprint density at radius 3 is 2.77 bits per heavy atom. The Kier molecular flexibility index (Phi) is 5.68. The fourth-order valence-electron chi connectivity index (χ4n) is 2.50. The molecule has 7 heteroatoms. The van der Waals surface area contributed by atoms with Crippen molar-refractivity contribution in [3.63, 3.8) is 0 Å². The molecule has 3 aromatic rings. The van der Waals surface area contributed by atoms with E-state index in [1.54, 1.807) is 18.4 Å². The summed E-state index contributed by atoms with van der Waals surface area (Å²) in [5, 5.41) is 6.81. The molecule has 26 heavy (non-hydrogen) atoms. The van der Waals surface area contributed by atoms with Crippen molar-refractivity contribution in [1.29, 1.82) is 0 Å². The van der Waals surface area contributed by atoms with Crippen molar-refractivity contribution in [3.05, 3.63) is 54.1 Å². The van der Waals surface area contributed by atoms with Gasteiger partial charge in [0.25, 0.3) is 0 Å². The summed E-state index contributed by atoms with van der Waals surface area (Å²) in [6, 6.07) is 11.1. The molecule has 1 amide bonds. The van der Waals surface area contributed by atoms with Crippen molar-refractivity contribution in [1.82, 2.24) is 15.5 Å². The van der Waals surface area contributed by atoms with Crippen LogP contribution in [0.3, 0.4) is 0 Å². The molecule has 0 bridgehead atoms. The molecule has 136 valence electrons. The zero-order chi connectivity index (χ0) is 18.4. The Balaban J connectivity index is 1.49. The van der Waals surface area contributed by atoms with Crippen LogP contribution in [0.25, 0.3) is 11.6 Å². The molecule has 0 spiro atoms. The van der Waals surface area contributed by atoms with Gasteiger partial charge in [0.05, 0.1) is 18.9 Å². The predicted octanol–water partition coefficient (Wildman–Crippen LogP) is 3.54. The lowest BCUT2D eigenvalue weighted by molar-refractivity contribution is -0.121. The average molecular weight is 355 g/mol. The molecule has 1 aromatic carbocycles. The van der Waals surface area contributed by atoms with E-state index >= 15 is 0 Å². The second-order valence-corrected chi connectivity index (χ2v) is 5.78. The molecule has 0 saturated carbocycles. The van der Waals surface area contributed by atoms with Gasteiger partial charge in [0, 0.05) is 12.8 Å². The van der Waals surface area contributed by atoms with E-state index in [4.69, 9.17) is 13.7 Å². The molecular weight excluding hydrogens is 334 g/mol. The smallest absolute Gasteiger partial charge is 0.238 e. The standard InChI is InChI=1S/C19H21N3O4/c1-3-24-15-8-6-14(7-9-15)13(2)20-17(23)10-11-18-21-19(22-26-18)16-5-4-12-25-16/h4-9,12-13H,3,10-11H2,1-2H3,(H,20,23). The van der Waals surface area contributed by atoms with E-state index in [1.165, 1.54) is 0 Å². The van der Waals surface area contributed by atoms with E-state index in [2.05, 4.69) is 15.5 Å². The molecule has 1 atom stereocenters. The number of furan rings is 1. The number of carbonyl (C=O) groups is 1. The lowest BCUT2D eigenvalue weighted by Gasteiger charge is -2.14. The summed E-state index contributed by atoms with van der Waals surface area (Å²) in [5.74, 6) is 2.06. The third kappa shape index (κ3) is 4.50. The van der Waals surface area contributed by atoms with Crippen LogP contribution in [0.1, 0.15) is 37.8 Å². The number of ether oxygens (including phenoxy) is 1. The van der Waals surface area contributed by atoms with Crippen LogP contribution in [-0.2, 0) is 11.2 Å². The summed E-state index contributed by atoms with van der Waals surface area (Å²) in [4.78, 5) is 16.4. The van der Waals surface area contributed by atoms with Gasteiger partial charge in [-0.3, -0.25) is 4.79 Å². The second-order valence-electron chi connectivity index (χ2n) is 5.78. The Bertz CT molecular complexity index is 825. The highest BCUT2D eigenvalue weighted by atomic mass is 16.5. The van der Waals surface area contributed by atoms with E-state index in [-0.39, 0.29) is 18.4 Å². The number of nitrogens with one attached hydrogen (secondary N) is 1. The molecular formula is C19H21N3O4. The fraction of sp³-hybridized carbons (Fsp3) is 0.316. The summed E-state index contributed by atoms with van der Waals surface area (Å²) in [6.07, 6.45) is 2.18. The maximum absolute atomic E-state index is 12.2. The first-order valence-electron chi connectivity index (χ1n) is 8.54. The van der Waals surface area contributed by atoms with Crippen molar-refractivity contribution < 1.29 is 18.5 Å². The van der Waals surface area contributed by atoms with Gasteiger partial charge in [0.1, 0.15) is 5.75 Å². The van der Waals surface area contributed by atoms with Crippen LogP contribution in [-0.4, -0.2) is 22.7 Å². The highest BCUT2D eigenvalue weighted by Gasteiger charge is 2.14. The molecule has 0 aliphatic rings.